The summed E-state index contributed by atoms with van der Waals surface area (Å²) in [4.78, 5) is 2.38. The van der Waals surface area contributed by atoms with Crippen LogP contribution in [0, 0.1) is 0 Å². The number of thiocarbonyl (C=S) groups is 2. The molecule has 2 aliphatic rings. The zero-order valence-corrected chi connectivity index (χ0v) is 14.2. The van der Waals surface area contributed by atoms with E-state index in [4.69, 9.17) is 24.4 Å². The van der Waals surface area contributed by atoms with E-state index in [-0.39, 0.29) is 0 Å². The number of hydrogen-bond acceptors (Lipinski definition) is 4. The Morgan fingerprint density at radius 3 is 1.82 bits per heavy atom. The third-order valence-electron chi connectivity index (χ3n) is 2.79. The normalized spacial score (nSPS) is 25.6. The van der Waals surface area contributed by atoms with Gasteiger partial charge < -0.3 is 0 Å². The van der Waals surface area contributed by atoms with Crippen molar-refractivity contribution in [1.29, 1.82) is 0 Å². The van der Waals surface area contributed by atoms with Crippen molar-refractivity contribution >= 4 is 72.2 Å². The quantitative estimate of drug-likeness (QED) is 0.329. The zero-order valence-electron chi connectivity index (χ0n) is 9.18. The van der Waals surface area contributed by atoms with Gasteiger partial charge in [-0.3, -0.25) is 0 Å². The summed E-state index contributed by atoms with van der Waals surface area (Å²) in [6, 6.07) is 4.44. The van der Waals surface area contributed by atoms with E-state index in [9.17, 15) is 0 Å². The van der Waals surface area contributed by atoms with Crippen molar-refractivity contribution in [3.8, 4) is 0 Å². The molecular formula is C12H12S4Se. The third-order valence-corrected chi connectivity index (χ3v) is 8.61. The van der Waals surface area contributed by atoms with E-state index >= 15 is 0 Å². The van der Waals surface area contributed by atoms with E-state index < -0.39 is 0 Å². The summed E-state index contributed by atoms with van der Waals surface area (Å²) >= 11 is 15.5. The Bertz CT molecular complexity index is 416. The summed E-state index contributed by atoms with van der Waals surface area (Å²) < 4.78 is 2.81. The maximum atomic E-state index is 5.52. The number of rotatable bonds is 6. The van der Waals surface area contributed by atoms with Crippen LogP contribution in [0.25, 0.3) is 0 Å². The average molecular weight is 363 g/mol. The van der Waals surface area contributed by atoms with Gasteiger partial charge in [0.1, 0.15) is 0 Å². The molecule has 2 aliphatic heterocycles. The van der Waals surface area contributed by atoms with Crippen LogP contribution < -0.4 is 0 Å². The van der Waals surface area contributed by atoms with Gasteiger partial charge in [0.25, 0.3) is 0 Å². The molecule has 90 valence electrons. The standard InChI is InChI=1S/C12H12S4Se/c13-9(3-7-5-15-7)11-1-2-12(17-11)10(14)4-8-6-16-8/h1-2,7-8H,3-6H2. The van der Waals surface area contributed by atoms with Gasteiger partial charge in [0.05, 0.1) is 0 Å². The van der Waals surface area contributed by atoms with Crippen molar-refractivity contribution in [3.63, 3.8) is 0 Å². The molecule has 0 amide bonds. The summed E-state index contributed by atoms with van der Waals surface area (Å²) in [6.07, 6.45) is 2.22. The molecule has 2 atom stereocenters. The van der Waals surface area contributed by atoms with Gasteiger partial charge in [0, 0.05) is 0 Å². The molecule has 0 aromatic carbocycles. The van der Waals surface area contributed by atoms with Gasteiger partial charge in [-0.1, -0.05) is 0 Å². The Hall–Kier alpha value is 0.879. The minimum absolute atomic E-state index is 0.396. The average Bonchev–Trinajstić information content (AvgIpc) is 3.22. The Morgan fingerprint density at radius 1 is 1.06 bits per heavy atom. The van der Waals surface area contributed by atoms with Crippen LogP contribution in [-0.2, 0) is 0 Å². The van der Waals surface area contributed by atoms with E-state index in [1.807, 2.05) is 23.5 Å². The van der Waals surface area contributed by atoms with E-state index in [1.54, 1.807) is 0 Å². The number of hydrogen-bond donors (Lipinski definition) is 0. The molecule has 1 aromatic heterocycles. The van der Waals surface area contributed by atoms with Crippen LogP contribution >= 0.6 is 48.0 Å². The van der Waals surface area contributed by atoms with Gasteiger partial charge in [-0.2, -0.15) is 0 Å². The van der Waals surface area contributed by atoms with Crippen LogP contribution in [0.1, 0.15) is 21.7 Å². The third kappa shape index (κ3) is 3.68. The molecule has 2 fully saturated rings. The molecule has 3 rings (SSSR count). The molecular weight excluding hydrogens is 351 g/mol. The molecule has 0 spiro atoms. The Kier molecular flexibility index (Phi) is 4.15. The molecule has 3 heterocycles. The van der Waals surface area contributed by atoms with Crippen LogP contribution in [-0.4, -0.2) is 46.2 Å². The van der Waals surface area contributed by atoms with Crippen molar-refractivity contribution < 1.29 is 0 Å². The summed E-state index contributed by atoms with van der Waals surface area (Å²) in [5.41, 5.74) is 0. The van der Waals surface area contributed by atoms with Crippen molar-refractivity contribution in [3.05, 3.63) is 21.0 Å². The molecule has 1 aromatic rings. The summed E-state index contributed by atoms with van der Waals surface area (Å²) in [5, 5.41) is 1.64. The predicted molar refractivity (Wildman–Crippen MR) is 88.5 cm³/mol. The van der Waals surface area contributed by atoms with E-state index in [0.717, 1.165) is 23.3 Å². The Balaban J connectivity index is 1.63. The maximum absolute atomic E-state index is 5.52. The van der Waals surface area contributed by atoms with Gasteiger partial charge in [0.15, 0.2) is 0 Å². The molecule has 0 radical (unpaired) electrons. The first kappa shape index (κ1) is 12.9. The van der Waals surface area contributed by atoms with Crippen molar-refractivity contribution in [2.45, 2.75) is 23.3 Å². The van der Waals surface area contributed by atoms with Crippen LogP contribution in [0.5, 0.6) is 0 Å². The van der Waals surface area contributed by atoms with Gasteiger partial charge in [-0.05, 0) is 0 Å². The minimum atomic E-state index is 0.396. The fraction of sp³-hybridized carbons (Fsp3) is 0.500. The monoisotopic (exact) mass is 364 g/mol. The molecule has 0 nitrogen and oxygen atoms in total. The van der Waals surface area contributed by atoms with E-state index in [2.05, 4.69) is 12.1 Å². The van der Waals surface area contributed by atoms with E-state index in [1.165, 1.54) is 30.1 Å². The molecule has 17 heavy (non-hydrogen) atoms. The topological polar surface area (TPSA) is 0 Å². The molecule has 2 saturated heterocycles. The van der Waals surface area contributed by atoms with Crippen LogP contribution in [0.15, 0.2) is 12.1 Å². The SMILES string of the molecule is S=C(CC1CS1)c1ccc(C(=S)CC2CS2)[se]1. The van der Waals surface area contributed by atoms with Gasteiger partial charge in [-0.25, -0.2) is 0 Å². The summed E-state index contributed by atoms with van der Waals surface area (Å²) in [7, 11) is 0. The van der Waals surface area contributed by atoms with Gasteiger partial charge >= 0.3 is 128 Å². The fourth-order valence-electron chi connectivity index (χ4n) is 1.62. The Labute approximate surface area is 127 Å². The van der Waals surface area contributed by atoms with Gasteiger partial charge in [0.2, 0.25) is 0 Å². The molecule has 5 heteroatoms. The van der Waals surface area contributed by atoms with Crippen molar-refractivity contribution in [2.24, 2.45) is 0 Å². The van der Waals surface area contributed by atoms with Gasteiger partial charge in [-0.15, -0.1) is 0 Å². The molecule has 0 saturated carbocycles. The predicted octanol–water partition coefficient (Wildman–Crippen LogP) is 3.19. The first-order valence-electron chi connectivity index (χ1n) is 5.62. The molecule has 0 aliphatic carbocycles. The van der Waals surface area contributed by atoms with E-state index in [0.29, 0.717) is 14.5 Å². The summed E-state index contributed by atoms with van der Waals surface area (Å²) in [5.74, 6) is 2.61. The van der Waals surface area contributed by atoms with Crippen molar-refractivity contribution in [2.75, 3.05) is 11.5 Å². The summed E-state index contributed by atoms with van der Waals surface area (Å²) in [6.45, 7) is 0. The zero-order chi connectivity index (χ0) is 11.8. The molecule has 2 unspecified atom stereocenters. The second-order valence-electron chi connectivity index (χ2n) is 4.33. The second-order valence-corrected chi connectivity index (χ2v) is 10.3. The molecule has 0 bridgehead atoms. The van der Waals surface area contributed by atoms with Crippen LogP contribution in [0.3, 0.4) is 0 Å². The van der Waals surface area contributed by atoms with Crippen LogP contribution in [0.4, 0.5) is 0 Å². The Morgan fingerprint density at radius 2 is 1.47 bits per heavy atom. The van der Waals surface area contributed by atoms with Crippen LogP contribution in [0.2, 0.25) is 0 Å². The number of thioether (sulfide) groups is 2. The molecule has 0 N–H and O–H groups in total. The first-order valence-corrected chi connectivity index (χ1v) is 10.2. The first-order chi connectivity index (χ1) is 8.22. The fourth-order valence-corrected chi connectivity index (χ4v) is 5.78. The second kappa shape index (κ2) is 5.48. The van der Waals surface area contributed by atoms with Crippen molar-refractivity contribution in [1.82, 2.24) is 0 Å².